The van der Waals surface area contributed by atoms with Gasteiger partial charge in [0, 0.05) is 16.7 Å². The number of amides is 1. The van der Waals surface area contributed by atoms with E-state index in [2.05, 4.69) is 35.9 Å². The third kappa shape index (κ3) is 1.85. The number of hydrogen-bond donors (Lipinski definition) is 2. The van der Waals surface area contributed by atoms with Crippen molar-refractivity contribution >= 4 is 27.7 Å². The molecule has 2 N–H and O–H groups in total. The molecule has 0 fully saturated rings. The van der Waals surface area contributed by atoms with Crippen molar-refractivity contribution in [3.63, 3.8) is 0 Å². The highest BCUT2D eigenvalue weighted by Gasteiger charge is 2.08. The van der Waals surface area contributed by atoms with Crippen LogP contribution in [0.15, 0.2) is 33.6 Å². The molecule has 6 heteroatoms. The zero-order valence-electron chi connectivity index (χ0n) is 6.95. The van der Waals surface area contributed by atoms with Gasteiger partial charge in [0.1, 0.15) is 12.0 Å². The SMILES string of the molecule is O=C(Nc1ccon1)c1cc(Br)c[nH]1. The van der Waals surface area contributed by atoms with Gasteiger partial charge in [-0.25, -0.2) is 0 Å². The van der Waals surface area contributed by atoms with Crippen molar-refractivity contribution in [3.8, 4) is 0 Å². The van der Waals surface area contributed by atoms with Crippen LogP contribution in [0.25, 0.3) is 0 Å². The molecule has 14 heavy (non-hydrogen) atoms. The number of H-pyrrole nitrogens is 1. The zero-order chi connectivity index (χ0) is 9.97. The molecular formula is C8H6BrN3O2. The summed E-state index contributed by atoms with van der Waals surface area (Å²) in [5.41, 5.74) is 0.458. The molecule has 2 aromatic rings. The van der Waals surface area contributed by atoms with E-state index < -0.39 is 0 Å². The van der Waals surface area contributed by atoms with Crippen molar-refractivity contribution < 1.29 is 9.32 Å². The fourth-order valence-corrected chi connectivity index (χ4v) is 1.30. The molecule has 0 saturated carbocycles. The number of carbonyl (C=O) groups excluding carboxylic acids is 1. The molecule has 72 valence electrons. The molecule has 0 bridgehead atoms. The van der Waals surface area contributed by atoms with Gasteiger partial charge in [0.05, 0.1) is 0 Å². The van der Waals surface area contributed by atoms with Gasteiger partial charge in [-0.2, -0.15) is 0 Å². The zero-order valence-corrected chi connectivity index (χ0v) is 8.54. The summed E-state index contributed by atoms with van der Waals surface area (Å²) in [5.74, 6) is 0.130. The van der Waals surface area contributed by atoms with E-state index in [1.54, 1.807) is 18.3 Å². The summed E-state index contributed by atoms with van der Waals surface area (Å²) in [6.07, 6.45) is 3.07. The predicted octanol–water partition coefficient (Wildman–Crippen LogP) is 2.02. The van der Waals surface area contributed by atoms with E-state index in [4.69, 9.17) is 0 Å². The second-order valence-corrected chi connectivity index (χ2v) is 3.49. The minimum absolute atomic E-state index is 0.260. The van der Waals surface area contributed by atoms with E-state index in [1.807, 2.05) is 0 Å². The fourth-order valence-electron chi connectivity index (χ4n) is 0.960. The molecule has 0 aliphatic heterocycles. The lowest BCUT2D eigenvalue weighted by Gasteiger charge is -1.96. The largest absolute Gasteiger partial charge is 0.363 e. The lowest BCUT2D eigenvalue weighted by molar-refractivity contribution is 0.102. The molecular weight excluding hydrogens is 250 g/mol. The van der Waals surface area contributed by atoms with Crippen molar-refractivity contribution in [2.75, 3.05) is 5.32 Å². The average Bonchev–Trinajstić information content (AvgIpc) is 2.75. The Morgan fingerprint density at radius 2 is 2.50 bits per heavy atom. The van der Waals surface area contributed by atoms with Crippen molar-refractivity contribution in [1.82, 2.24) is 10.1 Å². The molecule has 2 heterocycles. The minimum Gasteiger partial charge on any atom is -0.363 e. The predicted molar refractivity (Wildman–Crippen MR) is 52.9 cm³/mol. The maximum Gasteiger partial charge on any atom is 0.273 e. The van der Waals surface area contributed by atoms with Crippen LogP contribution in [-0.4, -0.2) is 16.0 Å². The maximum absolute atomic E-state index is 11.5. The van der Waals surface area contributed by atoms with Crippen LogP contribution < -0.4 is 5.32 Å². The van der Waals surface area contributed by atoms with Crippen LogP contribution in [0.3, 0.4) is 0 Å². The number of nitrogens with one attached hydrogen (secondary N) is 2. The Morgan fingerprint density at radius 1 is 1.64 bits per heavy atom. The number of anilines is 1. The van der Waals surface area contributed by atoms with Gasteiger partial charge in [0.25, 0.3) is 5.91 Å². The van der Waals surface area contributed by atoms with Gasteiger partial charge in [0.2, 0.25) is 0 Å². The number of rotatable bonds is 2. The molecule has 0 aliphatic carbocycles. The first kappa shape index (κ1) is 9.01. The lowest BCUT2D eigenvalue weighted by Crippen LogP contribution is -2.12. The summed E-state index contributed by atoms with van der Waals surface area (Å²) in [6, 6.07) is 3.24. The highest BCUT2D eigenvalue weighted by Crippen LogP contribution is 2.12. The Morgan fingerprint density at radius 3 is 3.07 bits per heavy atom. The van der Waals surface area contributed by atoms with Gasteiger partial charge in [0.15, 0.2) is 5.82 Å². The van der Waals surface area contributed by atoms with E-state index in [1.165, 1.54) is 6.26 Å². The summed E-state index contributed by atoms with van der Waals surface area (Å²) in [5, 5.41) is 6.11. The summed E-state index contributed by atoms with van der Waals surface area (Å²) in [4.78, 5) is 14.3. The third-order valence-electron chi connectivity index (χ3n) is 1.57. The average molecular weight is 256 g/mol. The number of aromatic amines is 1. The van der Waals surface area contributed by atoms with E-state index in [9.17, 15) is 4.79 Å². The molecule has 0 radical (unpaired) electrons. The standard InChI is InChI=1S/C8H6BrN3O2/c9-5-3-6(10-4-5)8(13)11-7-1-2-14-12-7/h1-4,10H,(H,11,12,13). The van der Waals surface area contributed by atoms with Crippen LogP contribution in [0, 0.1) is 0 Å². The Hall–Kier alpha value is -1.56. The second kappa shape index (κ2) is 3.67. The Balaban J connectivity index is 2.10. The molecule has 1 amide bonds. The Bertz CT molecular complexity index is 435. The highest BCUT2D eigenvalue weighted by atomic mass is 79.9. The van der Waals surface area contributed by atoms with Crippen LogP contribution in [0.1, 0.15) is 10.5 Å². The molecule has 5 nitrogen and oxygen atoms in total. The summed E-state index contributed by atoms with van der Waals surface area (Å²) in [6.45, 7) is 0. The third-order valence-corrected chi connectivity index (χ3v) is 2.03. The van der Waals surface area contributed by atoms with Crippen molar-refractivity contribution in [2.45, 2.75) is 0 Å². The molecule has 0 saturated heterocycles. The first-order valence-electron chi connectivity index (χ1n) is 3.81. The lowest BCUT2D eigenvalue weighted by atomic mass is 10.4. The van der Waals surface area contributed by atoms with Crippen molar-refractivity contribution in [2.24, 2.45) is 0 Å². The fraction of sp³-hybridized carbons (Fsp3) is 0. The van der Waals surface area contributed by atoms with E-state index in [0.717, 1.165) is 4.47 Å². The number of aromatic nitrogens is 2. The Labute approximate surface area is 87.6 Å². The minimum atomic E-state index is -0.260. The van der Waals surface area contributed by atoms with Gasteiger partial charge in [-0.05, 0) is 22.0 Å². The number of carbonyl (C=O) groups is 1. The van der Waals surface area contributed by atoms with E-state index in [0.29, 0.717) is 11.5 Å². The molecule has 0 atom stereocenters. The summed E-state index contributed by atoms with van der Waals surface area (Å²) in [7, 11) is 0. The topological polar surface area (TPSA) is 70.9 Å². The molecule has 0 unspecified atom stereocenters. The quantitative estimate of drug-likeness (QED) is 0.863. The van der Waals surface area contributed by atoms with Crippen LogP contribution in [0.5, 0.6) is 0 Å². The normalized spacial score (nSPS) is 10.1. The van der Waals surface area contributed by atoms with Gasteiger partial charge < -0.3 is 14.8 Å². The van der Waals surface area contributed by atoms with E-state index >= 15 is 0 Å². The molecule has 2 rings (SSSR count). The maximum atomic E-state index is 11.5. The summed E-state index contributed by atoms with van der Waals surface area (Å²) >= 11 is 3.23. The van der Waals surface area contributed by atoms with Gasteiger partial charge >= 0.3 is 0 Å². The first-order valence-corrected chi connectivity index (χ1v) is 4.60. The second-order valence-electron chi connectivity index (χ2n) is 2.57. The highest BCUT2D eigenvalue weighted by molar-refractivity contribution is 9.10. The van der Waals surface area contributed by atoms with Gasteiger partial charge in [-0.3, -0.25) is 4.79 Å². The van der Waals surface area contributed by atoms with E-state index in [-0.39, 0.29) is 5.91 Å². The number of nitrogens with zero attached hydrogens (tertiary/aromatic N) is 1. The monoisotopic (exact) mass is 255 g/mol. The molecule has 0 spiro atoms. The Kier molecular flexibility index (Phi) is 2.36. The van der Waals surface area contributed by atoms with Crippen LogP contribution in [0.2, 0.25) is 0 Å². The number of hydrogen-bond acceptors (Lipinski definition) is 3. The first-order chi connectivity index (χ1) is 6.75. The van der Waals surface area contributed by atoms with Crippen LogP contribution >= 0.6 is 15.9 Å². The van der Waals surface area contributed by atoms with Gasteiger partial charge in [-0.1, -0.05) is 5.16 Å². The van der Waals surface area contributed by atoms with Crippen molar-refractivity contribution in [3.05, 3.63) is 34.8 Å². The smallest absolute Gasteiger partial charge is 0.273 e. The van der Waals surface area contributed by atoms with Crippen LogP contribution in [0.4, 0.5) is 5.82 Å². The molecule has 2 aromatic heterocycles. The van der Waals surface area contributed by atoms with Crippen LogP contribution in [-0.2, 0) is 0 Å². The number of halogens is 1. The molecule has 0 aromatic carbocycles. The van der Waals surface area contributed by atoms with Crippen molar-refractivity contribution in [1.29, 1.82) is 0 Å². The summed E-state index contributed by atoms with van der Waals surface area (Å²) < 4.78 is 5.39. The van der Waals surface area contributed by atoms with Gasteiger partial charge in [-0.15, -0.1) is 0 Å². The molecule has 0 aliphatic rings.